The van der Waals surface area contributed by atoms with Crippen LogP contribution in [0.15, 0.2) is 94.9 Å². The van der Waals surface area contributed by atoms with E-state index in [1.807, 2.05) is 0 Å². The molecular weight excluding hydrogens is 552 g/mol. The molecule has 0 atom stereocenters. The van der Waals surface area contributed by atoms with Gasteiger partial charge in [0.05, 0.1) is 28.8 Å². The lowest BCUT2D eigenvalue weighted by Gasteiger charge is -2.17. The average molecular weight is 571 g/mol. The fourth-order valence-corrected chi connectivity index (χ4v) is 5.13. The van der Waals surface area contributed by atoms with Crippen LogP contribution >= 0.6 is 0 Å². The SMILES string of the molecule is COc1cc(-c2cccc(C(F)(F)F)c2)c(F)cc1-n1c(=O)ccc2cc(S(=O)(=O)Nc3ncccn3)ccc21. The number of ether oxygens (including phenoxy) is 1. The molecule has 0 radical (unpaired) electrons. The van der Waals surface area contributed by atoms with Crippen molar-refractivity contribution in [1.29, 1.82) is 0 Å². The molecule has 0 bridgehead atoms. The Morgan fingerprint density at radius 3 is 2.38 bits per heavy atom. The summed E-state index contributed by atoms with van der Waals surface area (Å²) < 4.78 is 89.5. The molecule has 204 valence electrons. The third-order valence-electron chi connectivity index (χ3n) is 5.98. The number of anilines is 1. The van der Waals surface area contributed by atoms with Gasteiger partial charge in [-0.1, -0.05) is 12.1 Å². The third kappa shape index (κ3) is 5.10. The molecule has 8 nitrogen and oxygen atoms in total. The fourth-order valence-electron chi connectivity index (χ4n) is 4.14. The van der Waals surface area contributed by atoms with Crippen molar-refractivity contribution >= 4 is 26.9 Å². The van der Waals surface area contributed by atoms with Gasteiger partial charge in [-0.15, -0.1) is 0 Å². The highest BCUT2D eigenvalue weighted by Crippen LogP contribution is 2.36. The summed E-state index contributed by atoms with van der Waals surface area (Å²) in [5, 5.41) is 0.320. The quantitative estimate of drug-likeness (QED) is 0.274. The van der Waals surface area contributed by atoms with Gasteiger partial charge in [-0.05, 0) is 54.1 Å². The number of methoxy groups -OCH3 is 1. The molecule has 0 fully saturated rings. The maximum atomic E-state index is 15.4. The summed E-state index contributed by atoms with van der Waals surface area (Å²) in [6.45, 7) is 0. The first-order valence-corrected chi connectivity index (χ1v) is 13.0. The first kappa shape index (κ1) is 26.8. The van der Waals surface area contributed by atoms with Crippen molar-refractivity contribution in [3.63, 3.8) is 0 Å². The molecule has 0 aliphatic rings. The molecule has 13 heteroatoms. The maximum absolute atomic E-state index is 15.4. The molecule has 40 heavy (non-hydrogen) atoms. The van der Waals surface area contributed by atoms with Gasteiger partial charge in [0.2, 0.25) is 5.95 Å². The van der Waals surface area contributed by atoms with Crippen molar-refractivity contribution in [1.82, 2.24) is 14.5 Å². The Labute approximate surface area is 224 Å². The summed E-state index contributed by atoms with van der Waals surface area (Å²) in [5.74, 6) is -1.03. The van der Waals surface area contributed by atoms with E-state index < -0.39 is 33.1 Å². The van der Waals surface area contributed by atoms with Crippen molar-refractivity contribution in [2.24, 2.45) is 0 Å². The van der Waals surface area contributed by atoms with E-state index in [2.05, 4.69) is 14.7 Å². The molecule has 0 aliphatic carbocycles. The number of halogens is 4. The second-order valence-corrected chi connectivity index (χ2v) is 10.2. The third-order valence-corrected chi connectivity index (χ3v) is 7.30. The number of hydrogen-bond donors (Lipinski definition) is 1. The second kappa shape index (κ2) is 10.1. The van der Waals surface area contributed by atoms with Gasteiger partial charge in [-0.3, -0.25) is 9.36 Å². The van der Waals surface area contributed by atoms with Crippen LogP contribution in [0.3, 0.4) is 0 Å². The maximum Gasteiger partial charge on any atom is 0.416 e. The van der Waals surface area contributed by atoms with Gasteiger partial charge >= 0.3 is 6.18 Å². The zero-order valence-corrected chi connectivity index (χ0v) is 21.3. The Morgan fingerprint density at radius 1 is 0.925 bits per heavy atom. The first-order chi connectivity index (χ1) is 19.0. The van der Waals surface area contributed by atoms with Crippen LogP contribution in [0.5, 0.6) is 5.75 Å². The predicted molar refractivity (Wildman–Crippen MR) is 139 cm³/mol. The highest BCUT2D eigenvalue weighted by molar-refractivity contribution is 7.92. The Hall–Kier alpha value is -4.78. The van der Waals surface area contributed by atoms with Crippen LogP contribution in [-0.2, 0) is 16.2 Å². The number of alkyl halides is 3. The summed E-state index contributed by atoms with van der Waals surface area (Å²) in [4.78, 5) is 20.5. The summed E-state index contributed by atoms with van der Waals surface area (Å²) in [5.41, 5.74) is -1.53. The standard InChI is InChI=1S/C27H18F4N4O4S/c1-39-24-14-20(16-4-2-5-18(12-16)27(29,30)31)21(28)15-23(24)35-22-8-7-19(13-17(22)6-9-25(35)36)40(37,38)34-26-32-10-3-11-33-26/h2-15H,1H3,(H,32,33,34). The smallest absolute Gasteiger partial charge is 0.416 e. The topological polar surface area (TPSA) is 103 Å². The number of rotatable bonds is 6. The number of sulfonamides is 1. The van der Waals surface area contributed by atoms with Gasteiger partial charge in [0.15, 0.2) is 0 Å². The van der Waals surface area contributed by atoms with Gasteiger partial charge in [-0.25, -0.2) is 27.5 Å². The van der Waals surface area contributed by atoms with Crippen molar-refractivity contribution in [3.05, 3.63) is 107 Å². The number of pyridine rings is 1. The molecule has 0 saturated carbocycles. The van der Waals surface area contributed by atoms with Crippen LogP contribution in [0.4, 0.5) is 23.5 Å². The van der Waals surface area contributed by atoms with Crippen LogP contribution in [-0.4, -0.2) is 30.1 Å². The highest BCUT2D eigenvalue weighted by Gasteiger charge is 2.31. The van der Waals surface area contributed by atoms with E-state index in [1.54, 1.807) is 0 Å². The van der Waals surface area contributed by atoms with Gasteiger partial charge in [0.1, 0.15) is 11.6 Å². The fraction of sp³-hybridized carbons (Fsp3) is 0.0741. The largest absolute Gasteiger partial charge is 0.495 e. The minimum absolute atomic E-state index is 0.00278. The molecule has 0 aliphatic heterocycles. The van der Waals surface area contributed by atoms with E-state index >= 15 is 4.39 Å². The Kier molecular flexibility index (Phi) is 6.75. The molecule has 1 N–H and O–H groups in total. The number of nitrogens with zero attached hydrogens (tertiary/aromatic N) is 3. The van der Waals surface area contributed by atoms with Crippen molar-refractivity contribution in [2.45, 2.75) is 11.1 Å². The zero-order chi connectivity index (χ0) is 28.7. The van der Waals surface area contributed by atoms with Gasteiger partial charge in [-0.2, -0.15) is 13.2 Å². The molecule has 2 aromatic heterocycles. The second-order valence-electron chi connectivity index (χ2n) is 8.49. The van der Waals surface area contributed by atoms with Crippen molar-refractivity contribution < 1.29 is 30.7 Å². The first-order valence-electron chi connectivity index (χ1n) is 11.5. The molecule has 3 aromatic carbocycles. The lowest BCUT2D eigenvalue weighted by molar-refractivity contribution is -0.137. The number of hydrogen-bond acceptors (Lipinski definition) is 6. The number of fused-ring (bicyclic) bond motifs is 1. The summed E-state index contributed by atoms with van der Waals surface area (Å²) in [6.07, 6.45) is -1.88. The Bertz CT molecular complexity index is 1910. The lowest BCUT2D eigenvalue weighted by atomic mass is 10.0. The monoisotopic (exact) mass is 570 g/mol. The summed E-state index contributed by atoms with van der Waals surface area (Å²) in [6, 6.07) is 14.4. The van der Waals surface area contributed by atoms with E-state index in [1.165, 1.54) is 68.0 Å². The Balaban J connectivity index is 1.62. The number of aromatic nitrogens is 3. The molecule has 5 rings (SSSR count). The minimum atomic E-state index is -4.62. The lowest BCUT2D eigenvalue weighted by Crippen LogP contribution is -2.19. The summed E-state index contributed by atoms with van der Waals surface area (Å²) >= 11 is 0. The van der Waals surface area contributed by atoms with E-state index in [0.29, 0.717) is 5.39 Å². The van der Waals surface area contributed by atoms with Crippen LogP contribution < -0.4 is 15.0 Å². The molecule has 0 saturated heterocycles. The van der Waals surface area contributed by atoms with Crippen LogP contribution in [0.2, 0.25) is 0 Å². The van der Waals surface area contributed by atoms with Crippen molar-refractivity contribution in [2.75, 3.05) is 11.8 Å². The molecule has 0 unspecified atom stereocenters. The molecule has 0 amide bonds. The van der Waals surface area contributed by atoms with E-state index in [0.717, 1.165) is 28.8 Å². The Morgan fingerprint density at radius 2 is 1.68 bits per heavy atom. The molecular formula is C27H18F4N4O4S. The molecule has 5 aromatic rings. The van der Waals surface area contributed by atoms with Gasteiger partial charge in [0, 0.05) is 35.5 Å². The van der Waals surface area contributed by atoms with Crippen LogP contribution in [0, 0.1) is 5.82 Å². The number of nitrogens with one attached hydrogen (secondary N) is 1. The highest BCUT2D eigenvalue weighted by atomic mass is 32.2. The minimum Gasteiger partial charge on any atom is -0.495 e. The normalized spacial score (nSPS) is 11.9. The van der Waals surface area contributed by atoms with Gasteiger partial charge in [0.25, 0.3) is 15.6 Å². The predicted octanol–water partition coefficient (Wildman–Crippen LogP) is 5.42. The van der Waals surface area contributed by atoms with E-state index in [-0.39, 0.29) is 38.9 Å². The van der Waals surface area contributed by atoms with Crippen LogP contribution in [0.25, 0.3) is 27.7 Å². The van der Waals surface area contributed by atoms with Crippen molar-refractivity contribution in [3.8, 4) is 22.6 Å². The summed E-state index contributed by atoms with van der Waals surface area (Å²) in [7, 11) is -2.82. The van der Waals surface area contributed by atoms with Gasteiger partial charge < -0.3 is 4.74 Å². The van der Waals surface area contributed by atoms with E-state index in [4.69, 9.17) is 4.74 Å². The number of benzene rings is 3. The molecule has 2 heterocycles. The van der Waals surface area contributed by atoms with Crippen LogP contribution in [0.1, 0.15) is 5.56 Å². The van der Waals surface area contributed by atoms with E-state index in [9.17, 15) is 26.4 Å². The zero-order valence-electron chi connectivity index (χ0n) is 20.5. The molecule has 0 spiro atoms. The average Bonchev–Trinajstić information content (AvgIpc) is 2.92.